The summed E-state index contributed by atoms with van der Waals surface area (Å²) in [6.45, 7) is 0. The Labute approximate surface area is 182 Å². The number of aromatic nitrogens is 4. The number of carbonyl (C=O) groups excluding carboxylic acids is 1. The monoisotopic (exact) mass is 441 g/mol. The molecule has 2 saturated carbocycles. The van der Waals surface area contributed by atoms with Gasteiger partial charge in [-0.25, -0.2) is 9.37 Å². The number of aliphatic hydroxyl groups excluding tert-OH is 1. The van der Waals surface area contributed by atoms with E-state index in [2.05, 4.69) is 26.0 Å². The van der Waals surface area contributed by atoms with Gasteiger partial charge in [-0.05, 0) is 37.8 Å². The maximum atomic E-state index is 13.3. The fourth-order valence-corrected chi connectivity index (χ4v) is 4.04. The number of nitrogens with one attached hydrogen (secondary N) is 3. The van der Waals surface area contributed by atoms with Gasteiger partial charge in [0.2, 0.25) is 0 Å². The van der Waals surface area contributed by atoms with Gasteiger partial charge < -0.3 is 25.6 Å². The number of aliphatic hydroxyl groups is 1. The lowest BCUT2D eigenvalue weighted by Crippen LogP contribution is -2.50. The Bertz CT molecular complexity index is 1230. The standard InChI is InChI=1S/C21H24FN7O3/c1-23-18-9-17(25-15-3-2-6-28(21(15)32)12-7-11(22)8-12)27-19-13(10-24-29(18)19)20(31)26-14-4-5-16(14)30/h2-3,6,9-12,14,16,23,30H,4-5,7-8H2,1H3,(H,25,27)(H,26,31)/t11-,12-,14?,16-/m1/s1. The van der Waals surface area contributed by atoms with Crippen molar-refractivity contribution < 1.29 is 14.3 Å². The molecule has 1 amide bonds. The van der Waals surface area contributed by atoms with Crippen molar-refractivity contribution in [3.63, 3.8) is 0 Å². The van der Waals surface area contributed by atoms with Crippen LogP contribution in [-0.4, -0.2) is 55.5 Å². The number of rotatable bonds is 6. The Balaban J connectivity index is 1.46. The first-order chi connectivity index (χ1) is 15.4. The van der Waals surface area contributed by atoms with E-state index in [1.165, 1.54) is 15.3 Å². The normalized spacial score (nSPS) is 24.5. The maximum Gasteiger partial charge on any atom is 0.274 e. The van der Waals surface area contributed by atoms with Gasteiger partial charge in [0.05, 0.1) is 18.3 Å². The Hall–Kier alpha value is -3.47. The van der Waals surface area contributed by atoms with Crippen LogP contribution >= 0.6 is 0 Å². The number of alkyl halides is 1. The highest BCUT2D eigenvalue weighted by atomic mass is 19.1. The van der Waals surface area contributed by atoms with Gasteiger partial charge in [0.15, 0.2) is 5.65 Å². The van der Waals surface area contributed by atoms with Crippen LogP contribution in [-0.2, 0) is 0 Å². The van der Waals surface area contributed by atoms with E-state index in [9.17, 15) is 19.1 Å². The van der Waals surface area contributed by atoms with Crippen LogP contribution in [0.5, 0.6) is 0 Å². The summed E-state index contributed by atoms with van der Waals surface area (Å²) in [5.41, 5.74) is 0.610. The van der Waals surface area contributed by atoms with Crippen molar-refractivity contribution in [1.29, 1.82) is 0 Å². The molecule has 32 heavy (non-hydrogen) atoms. The third-order valence-corrected chi connectivity index (χ3v) is 6.21. The quantitative estimate of drug-likeness (QED) is 0.458. The van der Waals surface area contributed by atoms with Gasteiger partial charge in [0.1, 0.15) is 29.1 Å². The fourth-order valence-electron chi connectivity index (χ4n) is 4.04. The zero-order valence-electron chi connectivity index (χ0n) is 17.5. The molecule has 0 bridgehead atoms. The molecule has 3 heterocycles. The Kier molecular flexibility index (Phi) is 5.04. The third-order valence-electron chi connectivity index (χ3n) is 6.21. The molecule has 1 unspecified atom stereocenters. The summed E-state index contributed by atoms with van der Waals surface area (Å²) in [6, 6.07) is 4.62. The molecule has 5 rings (SSSR count). The lowest BCUT2D eigenvalue weighted by molar-refractivity contribution is 0.0448. The van der Waals surface area contributed by atoms with Gasteiger partial charge in [0, 0.05) is 25.4 Å². The minimum atomic E-state index is -0.863. The summed E-state index contributed by atoms with van der Waals surface area (Å²) in [5, 5.41) is 22.9. The Morgan fingerprint density at radius 2 is 2.12 bits per heavy atom. The van der Waals surface area contributed by atoms with Crippen LogP contribution in [0.15, 0.2) is 35.4 Å². The number of hydrogen-bond donors (Lipinski definition) is 4. The second kappa shape index (κ2) is 7.90. The highest BCUT2D eigenvalue weighted by Gasteiger charge is 2.32. The Morgan fingerprint density at radius 3 is 2.78 bits per heavy atom. The van der Waals surface area contributed by atoms with Crippen molar-refractivity contribution in [2.75, 3.05) is 17.7 Å². The number of fused-ring (bicyclic) bond motifs is 1. The SMILES string of the molecule is CNc1cc(Nc2cccn([C@H]3C[C@H](F)C3)c2=O)nc2c(C(=O)NC3CC[C@H]3O)cnn12. The van der Waals surface area contributed by atoms with Crippen LogP contribution in [0.25, 0.3) is 5.65 Å². The molecule has 10 nitrogen and oxygen atoms in total. The van der Waals surface area contributed by atoms with Crippen LogP contribution in [0.2, 0.25) is 0 Å². The van der Waals surface area contributed by atoms with Crippen molar-refractivity contribution >= 4 is 28.9 Å². The van der Waals surface area contributed by atoms with E-state index < -0.39 is 12.3 Å². The molecular formula is C21H24FN7O3. The predicted octanol–water partition coefficient (Wildman–Crippen LogP) is 1.60. The van der Waals surface area contributed by atoms with Crippen LogP contribution in [0.4, 0.5) is 21.7 Å². The molecule has 168 valence electrons. The first-order valence-electron chi connectivity index (χ1n) is 10.6. The molecule has 3 aromatic rings. The highest BCUT2D eigenvalue weighted by Crippen LogP contribution is 2.33. The summed E-state index contributed by atoms with van der Waals surface area (Å²) < 4.78 is 16.3. The first-order valence-corrected chi connectivity index (χ1v) is 10.6. The summed E-state index contributed by atoms with van der Waals surface area (Å²) in [7, 11) is 1.71. The molecule has 4 N–H and O–H groups in total. The number of pyridine rings is 1. The van der Waals surface area contributed by atoms with Crippen molar-refractivity contribution in [2.24, 2.45) is 0 Å². The summed E-state index contributed by atoms with van der Waals surface area (Å²) in [5.74, 6) is 0.547. The van der Waals surface area contributed by atoms with Gasteiger partial charge >= 0.3 is 0 Å². The second-order valence-electron chi connectivity index (χ2n) is 8.28. The van der Waals surface area contributed by atoms with Crippen molar-refractivity contribution in [3.8, 4) is 0 Å². The average Bonchev–Trinajstić information content (AvgIpc) is 3.19. The van der Waals surface area contributed by atoms with E-state index in [1.54, 1.807) is 31.4 Å². The topological polar surface area (TPSA) is 126 Å². The van der Waals surface area contributed by atoms with E-state index in [0.29, 0.717) is 42.2 Å². The molecule has 0 saturated heterocycles. The summed E-state index contributed by atoms with van der Waals surface area (Å²) >= 11 is 0. The lowest BCUT2D eigenvalue weighted by atomic mass is 9.89. The molecule has 2 fully saturated rings. The molecule has 3 aromatic heterocycles. The maximum absolute atomic E-state index is 13.3. The van der Waals surface area contributed by atoms with Crippen molar-refractivity contribution in [3.05, 3.63) is 46.5 Å². The largest absolute Gasteiger partial charge is 0.391 e. The number of carbonyl (C=O) groups is 1. The van der Waals surface area contributed by atoms with Crippen LogP contribution in [0.3, 0.4) is 0 Å². The minimum Gasteiger partial charge on any atom is -0.391 e. The highest BCUT2D eigenvalue weighted by molar-refractivity contribution is 6.00. The zero-order valence-corrected chi connectivity index (χ0v) is 17.5. The molecule has 0 spiro atoms. The van der Waals surface area contributed by atoms with Gasteiger partial charge in [-0.15, -0.1) is 0 Å². The minimum absolute atomic E-state index is 0.144. The molecule has 0 radical (unpaired) electrons. The third kappa shape index (κ3) is 3.48. The molecule has 2 aliphatic rings. The van der Waals surface area contributed by atoms with E-state index in [1.807, 2.05) is 0 Å². The summed E-state index contributed by atoms with van der Waals surface area (Å²) in [6.07, 6.45) is 3.74. The van der Waals surface area contributed by atoms with E-state index in [4.69, 9.17) is 0 Å². The number of amides is 1. The van der Waals surface area contributed by atoms with Crippen LogP contribution in [0, 0.1) is 0 Å². The molecule has 2 atom stereocenters. The van der Waals surface area contributed by atoms with Crippen molar-refractivity contribution in [2.45, 2.75) is 50.0 Å². The first kappa shape index (κ1) is 20.4. The van der Waals surface area contributed by atoms with Gasteiger partial charge in [-0.1, -0.05) is 0 Å². The number of hydrogen-bond acceptors (Lipinski definition) is 7. The van der Waals surface area contributed by atoms with E-state index >= 15 is 0 Å². The molecular weight excluding hydrogens is 417 g/mol. The number of halogens is 1. The molecule has 0 aromatic carbocycles. The van der Waals surface area contributed by atoms with E-state index in [-0.39, 0.29) is 29.1 Å². The molecule has 2 aliphatic carbocycles. The lowest BCUT2D eigenvalue weighted by Gasteiger charge is -2.32. The molecule has 11 heteroatoms. The van der Waals surface area contributed by atoms with Gasteiger partial charge in [-0.2, -0.15) is 9.61 Å². The number of nitrogens with zero attached hydrogens (tertiary/aromatic N) is 4. The fraction of sp³-hybridized carbons (Fsp3) is 0.429. The van der Waals surface area contributed by atoms with Crippen molar-refractivity contribution in [1.82, 2.24) is 24.5 Å². The van der Waals surface area contributed by atoms with Crippen LogP contribution < -0.4 is 21.5 Å². The average molecular weight is 441 g/mol. The number of anilines is 3. The van der Waals surface area contributed by atoms with Crippen LogP contribution in [0.1, 0.15) is 42.1 Å². The Morgan fingerprint density at radius 1 is 1.31 bits per heavy atom. The molecule has 0 aliphatic heterocycles. The second-order valence-corrected chi connectivity index (χ2v) is 8.28. The van der Waals surface area contributed by atoms with E-state index in [0.717, 1.165) is 6.42 Å². The van der Waals surface area contributed by atoms with Gasteiger partial charge in [0.25, 0.3) is 11.5 Å². The predicted molar refractivity (Wildman–Crippen MR) is 116 cm³/mol. The smallest absolute Gasteiger partial charge is 0.274 e. The summed E-state index contributed by atoms with van der Waals surface area (Å²) in [4.78, 5) is 30.1. The zero-order chi connectivity index (χ0) is 22.4. The van der Waals surface area contributed by atoms with Gasteiger partial charge in [-0.3, -0.25) is 9.59 Å².